The summed E-state index contributed by atoms with van der Waals surface area (Å²) in [5, 5.41) is 18.7. The lowest BCUT2D eigenvalue weighted by molar-refractivity contribution is -0.125. The van der Waals surface area contributed by atoms with Crippen LogP contribution in [0.5, 0.6) is 0 Å². The second-order valence-corrected chi connectivity index (χ2v) is 10.3. The Labute approximate surface area is 238 Å². The van der Waals surface area contributed by atoms with Crippen molar-refractivity contribution in [3.8, 4) is 11.1 Å². The van der Waals surface area contributed by atoms with E-state index in [2.05, 4.69) is 28.9 Å². The molecule has 0 spiro atoms. The van der Waals surface area contributed by atoms with Gasteiger partial charge in [0.1, 0.15) is 23.8 Å². The van der Waals surface area contributed by atoms with Crippen LogP contribution < -0.4 is 10.2 Å². The molecule has 3 heterocycles. The van der Waals surface area contributed by atoms with E-state index in [1.54, 1.807) is 6.07 Å². The fourth-order valence-corrected chi connectivity index (χ4v) is 5.43. The van der Waals surface area contributed by atoms with Crippen molar-refractivity contribution in [2.24, 2.45) is 5.92 Å². The molecule has 9 nitrogen and oxygen atoms in total. The number of amides is 2. The number of unbranched alkanes of at least 4 members (excludes halogenated alkanes) is 1. The second-order valence-electron chi connectivity index (χ2n) is 10.3. The number of hydrogen-bond acceptors (Lipinski definition) is 7. The largest absolute Gasteiger partial charge is 0.391 e. The Morgan fingerprint density at radius 2 is 1.85 bits per heavy atom. The van der Waals surface area contributed by atoms with Crippen LogP contribution in [-0.4, -0.2) is 77.3 Å². The molecule has 1 unspecified atom stereocenters. The normalized spacial score (nSPS) is 17.3. The lowest BCUT2D eigenvalue weighted by Gasteiger charge is -2.32. The molecule has 1 atom stereocenters. The number of hydrogen-bond donors (Lipinski definition) is 3. The maximum absolute atomic E-state index is 15.1. The molecule has 2 aromatic carbocycles. The Kier molecular flexibility index (Phi) is 9.93. The number of carbonyl (C=O) groups is 2. The van der Waals surface area contributed by atoms with Gasteiger partial charge in [0, 0.05) is 49.6 Å². The van der Waals surface area contributed by atoms with Crippen LogP contribution in [0.15, 0.2) is 36.7 Å². The van der Waals surface area contributed by atoms with Crippen LogP contribution in [0.1, 0.15) is 49.4 Å². The van der Waals surface area contributed by atoms with E-state index in [9.17, 15) is 19.1 Å². The van der Waals surface area contributed by atoms with Crippen molar-refractivity contribution < 1.29 is 23.5 Å². The molecule has 2 aliphatic rings. The summed E-state index contributed by atoms with van der Waals surface area (Å²) >= 11 is 0. The van der Waals surface area contributed by atoms with Crippen LogP contribution in [-0.2, 0) is 4.79 Å². The summed E-state index contributed by atoms with van der Waals surface area (Å²) in [6.07, 6.45) is 4.59. The second kappa shape index (κ2) is 13.6. The topological polar surface area (TPSA) is 123 Å². The molecule has 3 N–H and O–H groups in total. The zero-order valence-electron chi connectivity index (χ0n) is 23.2. The third-order valence-corrected chi connectivity index (χ3v) is 7.64. The Morgan fingerprint density at radius 1 is 1.10 bits per heavy atom. The van der Waals surface area contributed by atoms with E-state index in [0.717, 1.165) is 12.8 Å². The van der Waals surface area contributed by atoms with Crippen LogP contribution >= 0.6 is 0 Å². The number of nitrogens with one attached hydrogen (secondary N) is 2. The average Bonchev–Trinajstić information content (AvgIpc) is 3.43. The zero-order chi connectivity index (χ0) is 29.5. The fourth-order valence-electron chi connectivity index (χ4n) is 5.43. The molecule has 2 saturated heterocycles. The van der Waals surface area contributed by atoms with Gasteiger partial charge in [-0.3, -0.25) is 9.59 Å². The molecular formula is C30H36F2N6O3. The highest BCUT2D eigenvalue weighted by molar-refractivity contribution is 6.00. The standard InChI is InChI=1S/C29H33F2N5O3.CH3N/c1-2-3-9-32-28(38)18-6-10-35(11-7-18)27-24-15-20(30)14-23(26(24)33-17-34-27)19-4-5-22(25(31)13-19)29(39)36-12-8-21(37)16-36;1-2/h4-5,13-15,17-18,21,37H,2-3,6-12,16H2,1H3,(H,32,38);2H,1H2. The predicted molar refractivity (Wildman–Crippen MR) is 154 cm³/mol. The first kappa shape index (κ1) is 30.0. The maximum atomic E-state index is 15.1. The van der Waals surface area contributed by atoms with Gasteiger partial charge in [-0.25, -0.2) is 18.7 Å². The summed E-state index contributed by atoms with van der Waals surface area (Å²) in [6.45, 7) is 7.01. The quantitative estimate of drug-likeness (QED) is 0.291. The third kappa shape index (κ3) is 6.67. The number of halogens is 2. The van der Waals surface area contributed by atoms with Crippen LogP contribution in [0, 0.1) is 23.0 Å². The first-order valence-corrected chi connectivity index (χ1v) is 13.9. The molecule has 0 saturated carbocycles. The van der Waals surface area contributed by atoms with E-state index in [1.807, 2.05) is 4.90 Å². The van der Waals surface area contributed by atoms with Gasteiger partial charge >= 0.3 is 0 Å². The molecule has 2 aliphatic heterocycles. The van der Waals surface area contributed by atoms with E-state index < -0.39 is 23.6 Å². The minimum absolute atomic E-state index is 0.0634. The number of aliphatic hydroxyl groups is 1. The van der Waals surface area contributed by atoms with Crippen molar-refractivity contribution in [2.75, 3.05) is 37.6 Å². The van der Waals surface area contributed by atoms with Crippen molar-refractivity contribution >= 4 is 35.3 Å². The molecule has 1 aromatic heterocycles. The molecule has 41 heavy (non-hydrogen) atoms. The molecular weight excluding hydrogens is 530 g/mol. The Balaban J connectivity index is 0.00000189. The summed E-state index contributed by atoms with van der Waals surface area (Å²) in [7, 11) is 0. The van der Waals surface area contributed by atoms with E-state index in [-0.39, 0.29) is 23.9 Å². The van der Waals surface area contributed by atoms with Gasteiger partial charge in [0.05, 0.1) is 17.2 Å². The summed E-state index contributed by atoms with van der Waals surface area (Å²) in [5.41, 5.74) is 1.17. The van der Waals surface area contributed by atoms with Crippen molar-refractivity contribution in [3.63, 3.8) is 0 Å². The van der Waals surface area contributed by atoms with Gasteiger partial charge in [-0.05, 0) is 62.2 Å². The van der Waals surface area contributed by atoms with Gasteiger partial charge in [-0.15, -0.1) is 0 Å². The Bertz CT molecular complexity index is 1400. The van der Waals surface area contributed by atoms with Crippen molar-refractivity contribution in [1.29, 1.82) is 5.41 Å². The Hall–Kier alpha value is -3.99. The number of rotatable bonds is 7. The fraction of sp³-hybridized carbons (Fsp3) is 0.433. The van der Waals surface area contributed by atoms with Gasteiger partial charge in [-0.2, -0.15) is 0 Å². The number of aromatic nitrogens is 2. The number of nitrogens with zero attached hydrogens (tertiary/aromatic N) is 4. The van der Waals surface area contributed by atoms with E-state index in [1.165, 1.54) is 35.5 Å². The number of likely N-dealkylation sites (tertiary alicyclic amines) is 1. The highest BCUT2D eigenvalue weighted by Gasteiger charge is 2.29. The number of carbonyl (C=O) groups excluding carboxylic acids is 2. The summed E-state index contributed by atoms with van der Waals surface area (Å²) in [6, 6.07) is 6.89. The van der Waals surface area contributed by atoms with E-state index in [0.29, 0.717) is 73.3 Å². The number of piperidine rings is 1. The number of anilines is 1. The first-order valence-electron chi connectivity index (χ1n) is 13.9. The monoisotopic (exact) mass is 566 g/mol. The maximum Gasteiger partial charge on any atom is 0.256 e. The number of β-amino-alcohol motifs (C(OH)–C–C–N with tert-alkyl or cyclic N) is 1. The summed E-state index contributed by atoms with van der Waals surface area (Å²) < 4.78 is 30.0. The van der Waals surface area contributed by atoms with Crippen LogP contribution in [0.25, 0.3) is 22.0 Å². The van der Waals surface area contributed by atoms with Crippen molar-refractivity contribution in [2.45, 2.75) is 45.1 Å². The SMILES string of the molecule is C=N.CCCCNC(=O)C1CCN(c2ncnc3c(-c4ccc(C(=O)N5CCC(O)C5)c(F)c4)cc(F)cc23)CC1. The van der Waals surface area contributed by atoms with Crippen LogP contribution in [0.2, 0.25) is 0 Å². The van der Waals surface area contributed by atoms with E-state index in [4.69, 9.17) is 5.41 Å². The molecule has 2 fully saturated rings. The number of aliphatic hydroxyl groups excluding tert-OH is 1. The average molecular weight is 567 g/mol. The number of fused-ring (bicyclic) bond motifs is 1. The smallest absolute Gasteiger partial charge is 0.256 e. The zero-order valence-corrected chi connectivity index (χ0v) is 23.2. The minimum atomic E-state index is -0.718. The predicted octanol–water partition coefficient (Wildman–Crippen LogP) is 4.18. The summed E-state index contributed by atoms with van der Waals surface area (Å²) in [4.78, 5) is 37.5. The Morgan fingerprint density at radius 3 is 2.51 bits per heavy atom. The molecule has 3 aromatic rings. The van der Waals surface area contributed by atoms with Crippen molar-refractivity contribution in [1.82, 2.24) is 20.2 Å². The van der Waals surface area contributed by atoms with Gasteiger partial charge < -0.3 is 25.6 Å². The molecule has 11 heteroatoms. The van der Waals surface area contributed by atoms with Gasteiger partial charge in [0.25, 0.3) is 5.91 Å². The van der Waals surface area contributed by atoms with Crippen molar-refractivity contribution in [3.05, 3.63) is 53.9 Å². The van der Waals surface area contributed by atoms with Crippen LogP contribution in [0.4, 0.5) is 14.6 Å². The molecule has 5 rings (SSSR count). The third-order valence-electron chi connectivity index (χ3n) is 7.64. The van der Waals surface area contributed by atoms with Gasteiger partial charge in [-0.1, -0.05) is 19.4 Å². The minimum Gasteiger partial charge on any atom is -0.391 e. The highest BCUT2D eigenvalue weighted by Crippen LogP contribution is 2.35. The van der Waals surface area contributed by atoms with Gasteiger partial charge in [0.15, 0.2) is 0 Å². The van der Waals surface area contributed by atoms with E-state index >= 15 is 4.39 Å². The lowest BCUT2D eigenvalue weighted by Crippen LogP contribution is -2.41. The lowest BCUT2D eigenvalue weighted by atomic mass is 9.95. The number of benzene rings is 2. The van der Waals surface area contributed by atoms with Crippen LogP contribution in [0.3, 0.4) is 0 Å². The molecule has 0 radical (unpaired) electrons. The molecule has 2 amide bonds. The van der Waals surface area contributed by atoms with Gasteiger partial charge in [0.2, 0.25) is 5.91 Å². The molecule has 218 valence electrons. The highest BCUT2D eigenvalue weighted by atomic mass is 19.1. The first-order chi connectivity index (χ1) is 19.9. The molecule has 0 aliphatic carbocycles. The molecule has 0 bridgehead atoms. The summed E-state index contributed by atoms with van der Waals surface area (Å²) in [5.74, 6) is -1.12.